The molecule has 0 aromatic heterocycles. The Morgan fingerprint density at radius 1 is 1.25 bits per heavy atom. The van der Waals surface area contributed by atoms with Crippen LogP contribution in [-0.4, -0.2) is 37.6 Å². The van der Waals surface area contributed by atoms with E-state index in [1.54, 1.807) is 12.1 Å². The summed E-state index contributed by atoms with van der Waals surface area (Å²) in [7, 11) is -0.381. The summed E-state index contributed by atoms with van der Waals surface area (Å²) >= 11 is 0. The Kier molecular flexibility index (Phi) is 5.65. The zero-order valence-corrected chi connectivity index (χ0v) is 13.4. The number of carbonyl (C=O) groups is 1. The molecule has 1 rings (SSSR count). The van der Waals surface area contributed by atoms with Crippen molar-refractivity contribution in [1.82, 2.24) is 5.32 Å². The number of hydrogen-bond donors (Lipinski definition) is 1. The summed E-state index contributed by atoms with van der Waals surface area (Å²) in [5.74, 6) is 2.14. The molecule has 1 N–H and O–H groups in total. The minimum absolute atomic E-state index is 0.334. The minimum atomic E-state index is -0.405. The molecule has 0 radical (unpaired) electrons. The first-order valence-corrected chi connectivity index (χ1v) is 7.07. The zero-order chi connectivity index (χ0) is 15.4. The van der Waals surface area contributed by atoms with Crippen molar-refractivity contribution < 1.29 is 18.8 Å². The first kappa shape index (κ1) is 17.0. The van der Waals surface area contributed by atoms with Crippen LogP contribution < -0.4 is 5.32 Å². The molecule has 0 aliphatic carbocycles. The molecule has 1 fully saturated rings. The Balaban J connectivity index is 2.28. The van der Waals surface area contributed by atoms with Gasteiger partial charge >= 0.3 is 13.2 Å². The molecule has 0 bridgehead atoms. The minimum Gasteiger partial charge on any atom is -0.449 e. The summed E-state index contributed by atoms with van der Waals surface area (Å²) in [6, 6.07) is 0. The molecule has 5 nitrogen and oxygen atoms in total. The summed E-state index contributed by atoms with van der Waals surface area (Å²) in [4.78, 5) is 11.3. The van der Waals surface area contributed by atoms with Crippen LogP contribution in [0.1, 0.15) is 41.5 Å². The standard InChI is InChI=1S/C14H26BNO4/c1-11(2)10-18-12(17)16-9-7-8-15-19-13(3,4)14(5,6)20-15/h7-8,11H,9-10H2,1-6H3,(H,16,17). The molecular formula is C14H26BNO4. The fourth-order valence-electron chi connectivity index (χ4n) is 1.58. The van der Waals surface area contributed by atoms with Crippen molar-refractivity contribution in [3.05, 3.63) is 12.1 Å². The predicted octanol–water partition coefficient (Wildman–Crippen LogP) is 2.56. The van der Waals surface area contributed by atoms with Crippen LogP contribution in [0.4, 0.5) is 4.79 Å². The van der Waals surface area contributed by atoms with Gasteiger partial charge in [0.25, 0.3) is 0 Å². The Bertz CT molecular complexity index is 350. The normalized spacial score (nSPS) is 20.6. The number of alkyl carbamates (subject to hydrolysis) is 1. The number of rotatable bonds is 5. The Hall–Kier alpha value is -1.01. The van der Waals surface area contributed by atoms with E-state index in [0.717, 1.165) is 0 Å². The first-order valence-electron chi connectivity index (χ1n) is 7.07. The quantitative estimate of drug-likeness (QED) is 0.788. The van der Waals surface area contributed by atoms with Gasteiger partial charge in [-0.05, 0) is 33.6 Å². The Morgan fingerprint density at radius 3 is 2.30 bits per heavy atom. The average Bonchev–Trinajstić information content (AvgIpc) is 2.50. The molecule has 1 amide bonds. The molecule has 1 aliphatic rings. The molecule has 1 aliphatic heterocycles. The lowest BCUT2D eigenvalue weighted by Crippen LogP contribution is -2.41. The number of hydrogen-bond acceptors (Lipinski definition) is 4. The summed E-state index contributed by atoms with van der Waals surface area (Å²) in [5.41, 5.74) is -0.683. The molecule has 0 aromatic carbocycles. The van der Waals surface area contributed by atoms with E-state index in [0.29, 0.717) is 19.1 Å². The lowest BCUT2D eigenvalue weighted by atomic mass is 9.90. The van der Waals surface area contributed by atoms with E-state index in [4.69, 9.17) is 14.0 Å². The summed E-state index contributed by atoms with van der Waals surface area (Å²) in [6.45, 7) is 12.8. The number of carbonyl (C=O) groups excluding carboxylic acids is 1. The molecule has 20 heavy (non-hydrogen) atoms. The van der Waals surface area contributed by atoms with Crippen LogP contribution in [-0.2, 0) is 14.0 Å². The molecular weight excluding hydrogens is 257 g/mol. The van der Waals surface area contributed by atoms with E-state index in [1.165, 1.54) is 0 Å². The average molecular weight is 283 g/mol. The van der Waals surface area contributed by atoms with Gasteiger partial charge in [0, 0.05) is 6.54 Å². The molecule has 1 heterocycles. The van der Waals surface area contributed by atoms with Gasteiger partial charge in [-0.2, -0.15) is 0 Å². The van der Waals surface area contributed by atoms with Crippen molar-refractivity contribution in [3.8, 4) is 0 Å². The van der Waals surface area contributed by atoms with Gasteiger partial charge < -0.3 is 19.4 Å². The molecule has 1 saturated heterocycles. The molecule has 0 spiro atoms. The molecule has 0 aromatic rings. The summed E-state index contributed by atoms with van der Waals surface area (Å²) in [6.07, 6.45) is 1.40. The van der Waals surface area contributed by atoms with Gasteiger partial charge in [0.15, 0.2) is 0 Å². The van der Waals surface area contributed by atoms with Crippen LogP contribution in [0.25, 0.3) is 0 Å². The van der Waals surface area contributed by atoms with Crippen molar-refractivity contribution >= 4 is 13.2 Å². The highest BCUT2D eigenvalue weighted by Gasteiger charge is 2.49. The predicted molar refractivity (Wildman–Crippen MR) is 79.4 cm³/mol. The highest BCUT2D eigenvalue weighted by molar-refractivity contribution is 6.51. The van der Waals surface area contributed by atoms with Crippen LogP contribution in [0.15, 0.2) is 12.1 Å². The van der Waals surface area contributed by atoms with E-state index < -0.39 is 6.09 Å². The van der Waals surface area contributed by atoms with Crippen LogP contribution >= 0.6 is 0 Å². The van der Waals surface area contributed by atoms with E-state index in [2.05, 4.69) is 5.32 Å². The maximum Gasteiger partial charge on any atom is 0.486 e. The molecule has 6 heteroatoms. The molecule has 0 atom stereocenters. The van der Waals surface area contributed by atoms with Gasteiger partial charge in [0.2, 0.25) is 0 Å². The largest absolute Gasteiger partial charge is 0.486 e. The van der Waals surface area contributed by atoms with Gasteiger partial charge in [-0.3, -0.25) is 0 Å². The van der Waals surface area contributed by atoms with Crippen molar-refractivity contribution in [2.45, 2.75) is 52.7 Å². The lowest BCUT2D eigenvalue weighted by molar-refractivity contribution is 0.00578. The van der Waals surface area contributed by atoms with Crippen molar-refractivity contribution in [2.24, 2.45) is 5.92 Å². The Labute approximate surface area is 122 Å². The maximum atomic E-state index is 11.3. The number of amides is 1. The van der Waals surface area contributed by atoms with E-state index in [1.807, 2.05) is 41.5 Å². The number of nitrogens with one attached hydrogen (secondary N) is 1. The van der Waals surface area contributed by atoms with E-state index in [-0.39, 0.29) is 18.3 Å². The third-order valence-electron chi connectivity index (χ3n) is 3.48. The van der Waals surface area contributed by atoms with Gasteiger partial charge in [0.05, 0.1) is 17.8 Å². The smallest absolute Gasteiger partial charge is 0.449 e. The third-order valence-corrected chi connectivity index (χ3v) is 3.48. The monoisotopic (exact) mass is 283 g/mol. The van der Waals surface area contributed by atoms with Crippen molar-refractivity contribution in [2.75, 3.05) is 13.2 Å². The summed E-state index contributed by atoms with van der Waals surface area (Å²) < 4.78 is 16.6. The number of ether oxygens (including phenoxy) is 1. The van der Waals surface area contributed by atoms with Crippen molar-refractivity contribution in [3.63, 3.8) is 0 Å². The fourth-order valence-corrected chi connectivity index (χ4v) is 1.58. The van der Waals surface area contributed by atoms with Crippen LogP contribution in [0, 0.1) is 5.92 Å². The third kappa shape index (κ3) is 4.83. The maximum absolute atomic E-state index is 11.3. The Morgan fingerprint density at radius 2 is 1.80 bits per heavy atom. The topological polar surface area (TPSA) is 56.8 Å². The molecule has 114 valence electrons. The van der Waals surface area contributed by atoms with Crippen molar-refractivity contribution in [1.29, 1.82) is 0 Å². The SMILES string of the molecule is CC(C)COC(=O)NCC=CB1OC(C)(C)C(C)(C)O1. The van der Waals surface area contributed by atoms with Crippen LogP contribution in [0.5, 0.6) is 0 Å². The highest BCUT2D eigenvalue weighted by Crippen LogP contribution is 2.36. The summed E-state index contributed by atoms with van der Waals surface area (Å²) in [5, 5.41) is 2.64. The van der Waals surface area contributed by atoms with E-state index in [9.17, 15) is 4.79 Å². The second-order valence-corrected chi connectivity index (χ2v) is 6.43. The first-order chi connectivity index (χ1) is 9.14. The van der Waals surface area contributed by atoms with Gasteiger partial charge in [-0.1, -0.05) is 25.9 Å². The highest BCUT2D eigenvalue weighted by atomic mass is 16.7. The second kappa shape index (κ2) is 6.63. The van der Waals surface area contributed by atoms with E-state index >= 15 is 0 Å². The fraction of sp³-hybridized carbons (Fsp3) is 0.786. The van der Waals surface area contributed by atoms with Crippen LogP contribution in [0.3, 0.4) is 0 Å². The second-order valence-electron chi connectivity index (χ2n) is 6.43. The lowest BCUT2D eigenvalue weighted by Gasteiger charge is -2.32. The zero-order valence-electron chi connectivity index (χ0n) is 13.4. The molecule has 0 saturated carbocycles. The van der Waals surface area contributed by atoms with Crippen LogP contribution in [0.2, 0.25) is 0 Å². The van der Waals surface area contributed by atoms with Gasteiger partial charge in [-0.25, -0.2) is 4.79 Å². The van der Waals surface area contributed by atoms with Gasteiger partial charge in [0.1, 0.15) is 0 Å². The molecule has 0 unspecified atom stereocenters. The van der Waals surface area contributed by atoms with Gasteiger partial charge in [-0.15, -0.1) is 0 Å².